The summed E-state index contributed by atoms with van der Waals surface area (Å²) in [6.45, 7) is 4.84. The van der Waals surface area contributed by atoms with Crippen LogP contribution in [0.2, 0.25) is 0 Å². The summed E-state index contributed by atoms with van der Waals surface area (Å²) in [6, 6.07) is 10.2. The number of carbonyl (C=O) groups is 2. The van der Waals surface area contributed by atoms with Gasteiger partial charge in [0.2, 0.25) is 5.88 Å². The second-order valence-electron chi connectivity index (χ2n) is 5.87. The standard InChI is InChI=1S/C15H20N2O2.C4H4O4/c1-11(2)17-9-13(18)10-19-15-14-6-4-3-5-12(14)7-8-16-15;5-3(6)1-2-4(7)8/h3-8,11,13,17-18H,9-10H2,1-2H3;1-2H,(H,5,6)(H,7,8). The lowest BCUT2D eigenvalue weighted by Gasteiger charge is -2.15. The van der Waals surface area contributed by atoms with E-state index in [1.807, 2.05) is 44.2 Å². The molecule has 0 saturated carbocycles. The number of fused-ring (bicyclic) bond motifs is 1. The van der Waals surface area contributed by atoms with Crippen LogP contribution in [0.25, 0.3) is 10.8 Å². The van der Waals surface area contributed by atoms with E-state index in [1.165, 1.54) is 0 Å². The molecule has 0 aliphatic rings. The number of aliphatic carboxylic acids is 2. The van der Waals surface area contributed by atoms with Crippen LogP contribution in [-0.4, -0.2) is 57.5 Å². The number of carboxylic acid groups (broad SMARTS) is 2. The summed E-state index contributed by atoms with van der Waals surface area (Å²) in [5.41, 5.74) is 0. The summed E-state index contributed by atoms with van der Waals surface area (Å²) in [5, 5.41) is 30.7. The number of aliphatic hydroxyl groups is 1. The zero-order valence-electron chi connectivity index (χ0n) is 15.2. The van der Waals surface area contributed by atoms with Crippen LogP contribution in [0.15, 0.2) is 48.7 Å². The van der Waals surface area contributed by atoms with Crippen LogP contribution in [-0.2, 0) is 9.59 Å². The molecule has 2 aromatic rings. The first-order valence-electron chi connectivity index (χ1n) is 8.31. The van der Waals surface area contributed by atoms with Crippen LogP contribution >= 0.6 is 0 Å². The van der Waals surface area contributed by atoms with Gasteiger partial charge < -0.3 is 25.4 Å². The number of ether oxygens (including phenoxy) is 1. The third kappa shape index (κ3) is 9.34. The minimum absolute atomic E-state index is 0.237. The number of nitrogens with one attached hydrogen (secondary N) is 1. The van der Waals surface area contributed by atoms with Crippen molar-refractivity contribution in [2.24, 2.45) is 0 Å². The van der Waals surface area contributed by atoms with Gasteiger partial charge in [0.05, 0.1) is 0 Å². The second-order valence-corrected chi connectivity index (χ2v) is 5.87. The number of benzene rings is 1. The van der Waals surface area contributed by atoms with Gasteiger partial charge in [-0.1, -0.05) is 32.0 Å². The summed E-state index contributed by atoms with van der Waals surface area (Å²) < 4.78 is 5.61. The first-order valence-corrected chi connectivity index (χ1v) is 8.31. The third-order valence-corrected chi connectivity index (χ3v) is 3.18. The van der Waals surface area contributed by atoms with Gasteiger partial charge in [-0.05, 0) is 17.5 Å². The fraction of sp³-hybridized carbons (Fsp3) is 0.316. The number of rotatable bonds is 8. The van der Waals surface area contributed by atoms with Crippen molar-refractivity contribution < 1.29 is 29.6 Å². The molecule has 0 aliphatic carbocycles. The number of hydrogen-bond donors (Lipinski definition) is 4. The Bertz CT molecular complexity index is 754. The highest BCUT2D eigenvalue weighted by atomic mass is 16.5. The van der Waals surface area contributed by atoms with Crippen molar-refractivity contribution in [1.82, 2.24) is 10.3 Å². The molecule has 0 amide bonds. The smallest absolute Gasteiger partial charge is 0.328 e. The Morgan fingerprint density at radius 1 is 1.15 bits per heavy atom. The SMILES string of the molecule is CC(C)NCC(O)COc1nccc2ccccc12.O=C(O)C=CC(=O)O. The largest absolute Gasteiger partial charge is 0.478 e. The zero-order chi connectivity index (χ0) is 20.2. The number of hydrogen-bond acceptors (Lipinski definition) is 6. The molecule has 0 aliphatic heterocycles. The van der Waals surface area contributed by atoms with Crippen LogP contribution in [0.4, 0.5) is 0 Å². The Labute approximate surface area is 157 Å². The van der Waals surface area contributed by atoms with Crippen molar-refractivity contribution in [3.63, 3.8) is 0 Å². The van der Waals surface area contributed by atoms with E-state index in [9.17, 15) is 14.7 Å². The van der Waals surface area contributed by atoms with E-state index in [2.05, 4.69) is 10.3 Å². The van der Waals surface area contributed by atoms with Gasteiger partial charge in [0, 0.05) is 36.3 Å². The van der Waals surface area contributed by atoms with Crippen molar-refractivity contribution in [2.45, 2.75) is 26.0 Å². The maximum absolute atomic E-state index is 9.82. The molecule has 1 aromatic heterocycles. The highest BCUT2D eigenvalue weighted by Crippen LogP contribution is 2.22. The molecule has 0 bridgehead atoms. The molecule has 4 N–H and O–H groups in total. The van der Waals surface area contributed by atoms with Crippen molar-refractivity contribution in [3.05, 3.63) is 48.7 Å². The summed E-state index contributed by atoms with van der Waals surface area (Å²) in [4.78, 5) is 23.3. The van der Waals surface area contributed by atoms with E-state index < -0.39 is 18.0 Å². The minimum atomic E-state index is -1.26. The molecule has 27 heavy (non-hydrogen) atoms. The number of pyridine rings is 1. The fourth-order valence-corrected chi connectivity index (χ4v) is 1.96. The van der Waals surface area contributed by atoms with Crippen molar-refractivity contribution in [3.8, 4) is 5.88 Å². The van der Waals surface area contributed by atoms with Crippen LogP contribution in [0.5, 0.6) is 5.88 Å². The zero-order valence-corrected chi connectivity index (χ0v) is 15.2. The van der Waals surface area contributed by atoms with Gasteiger partial charge in [-0.25, -0.2) is 14.6 Å². The third-order valence-electron chi connectivity index (χ3n) is 3.18. The molecule has 0 radical (unpaired) electrons. The molecule has 2 rings (SSSR count). The van der Waals surface area contributed by atoms with E-state index in [1.54, 1.807) is 6.20 Å². The number of nitrogens with zero attached hydrogens (tertiary/aromatic N) is 1. The molecule has 1 aromatic carbocycles. The number of carboxylic acids is 2. The summed E-state index contributed by atoms with van der Waals surface area (Å²) >= 11 is 0. The summed E-state index contributed by atoms with van der Waals surface area (Å²) in [6.07, 6.45) is 2.30. The van der Waals surface area contributed by atoms with E-state index in [0.717, 1.165) is 10.8 Å². The van der Waals surface area contributed by atoms with Crippen LogP contribution in [0.3, 0.4) is 0 Å². The van der Waals surface area contributed by atoms with E-state index in [-0.39, 0.29) is 6.61 Å². The monoisotopic (exact) mass is 376 g/mol. The lowest BCUT2D eigenvalue weighted by atomic mass is 10.2. The maximum Gasteiger partial charge on any atom is 0.328 e. The molecule has 0 fully saturated rings. The lowest BCUT2D eigenvalue weighted by molar-refractivity contribution is -0.134. The Hall–Kier alpha value is -2.97. The lowest BCUT2D eigenvalue weighted by Crippen LogP contribution is -2.35. The fourth-order valence-electron chi connectivity index (χ4n) is 1.96. The van der Waals surface area contributed by atoms with Gasteiger partial charge >= 0.3 is 11.9 Å². The maximum atomic E-state index is 9.82. The van der Waals surface area contributed by atoms with Crippen molar-refractivity contribution in [2.75, 3.05) is 13.2 Å². The average molecular weight is 376 g/mol. The normalized spacial score (nSPS) is 11.9. The molecule has 1 heterocycles. The predicted octanol–water partition coefficient (Wildman–Crippen LogP) is 1.68. The number of aliphatic hydroxyl groups excluding tert-OH is 1. The molecule has 1 atom stereocenters. The summed E-state index contributed by atoms with van der Waals surface area (Å²) in [7, 11) is 0. The van der Waals surface area contributed by atoms with Crippen molar-refractivity contribution >= 4 is 22.7 Å². The Morgan fingerprint density at radius 2 is 1.78 bits per heavy atom. The van der Waals surface area contributed by atoms with Gasteiger partial charge in [0.25, 0.3) is 0 Å². The van der Waals surface area contributed by atoms with Gasteiger partial charge in [-0.3, -0.25) is 0 Å². The molecule has 8 heteroatoms. The molecule has 0 saturated heterocycles. The molecule has 146 valence electrons. The summed E-state index contributed by atoms with van der Waals surface area (Å²) in [5.74, 6) is -1.94. The Morgan fingerprint density at radius 3 is 2.37 bits per heavy atom. The van der Waals surface area contributed by atoms with Crippen molar-refractivity contribution in [1.29, 1.82) is 0 Å². The Balaban J connectivity index is 0.000000387. The highest BCUT2D eigenvalue weighted by Gasteiger charge is 2.08. The van der Waals surface area contributed by atoms with E-state index in [0.29, 0.717) is 30.6 Å². The van der Waals surface area contributed by atoms with E-state index >= 15 is 0 Å². The average Bonchev–Trinajstić information content (AvgIpc) is 2.63. The van der Waals surface area contributed by atoms with Gasteiger partial charge in [0.15, 0.2) is 0 Å². The highest BCUT2D eigenvalue weighted by molar-refractivity contribution is 5.89. The molecular weight excluding hydrogens is 352 g/mol. The minimum Gasteiger partial charge on any atom is -0.478 e. The second kappa shape index (κ2) is 11.6. The van der Waals surface area contributed by atoms with Gasteiger partial charge in [-0.15, -0.1) is 0 Å². The van der Waals surface area contributed by atoms with Crippen LogP contribution in [0.1, 0.15) is 13.8 Å². The molecular formula is C19H24N2O6. The quantitative estimate of drug-likeness (QED) is 0.512. The van der Waals surface area contributed by atoms with Crippen LogP contribution in [0, 0.1) is 0 Å². The van der Waals surface area contributed by atoms with Gasteiger partial charge in [0.1, 0.15) is 12.7 Å². The Kier molecular flexibility index (Phi) is 9.49. The molecule has 1 unspecified atom stereocenters. The topological polar surface area (TPSA) is 129 Å². The van der Waals surface area contributed by atoms with Gasteiger partial charge in [-0.2, -0.15) is 0 Å². The number of aromatic nitrogens is 1. The predicted molar refractivity (Wildman–Crippen MR) is 101 cm³/mol. The first kappa shape index (κ1) is 22.1. The molecule has 0 spiro atoms. The van der Waals surface area contributed by atoms with E-state index in [4.69, 9.17) is 14.9 Å². The molecule has 8 nitrogen and oxygen atoms in total. The van der Waals surface area contributed by atoms with Crippen LogP contribution < -0.4 is 10.1 Å². The first-order chi connectivity index (χ1) is 12.8.